The summed E-state index contributed by atoms with van der Waals surface area (Å²) in [6.07, 6.45) is 0.144. The Kier molecular flexibility index (Phi) is 3.52. The van der Waals surface area contributed by atoms with Crippen LogP contribution in [0.15, 0.2) is 12.1 Å². The number of aromatic nitrogens is 1. The number of anilines is 3. The number of nitrogens with one attached hydrogen (secondary N) is 2. The van der Waals surface area contributed by atoms with Crippen molar-refractivity contribution in [3.63, 3.8) is 0 Å². The monoisotopic (exact) mass is 251 g/mol. The number of carbonyl (C=O) groups excluding carboxylic acids is 1. The quantitative estimate of drug-likeness (QED) is 0.530. The smallest absolute Gasteiger partial charge is 0.208 e. The fourth-order valence-electron chi connectivity index (χ4n) is 2.12. The highest BCUT2D eigenvalue weighted by molar-refractivity contribution is 5.65. The Morgan fingerprint density at radius 2 is 2.39 bits per heavy atom. The number of nitrogens with zero attached hydrogens (tertiary/aromatic N) is 2. The molecule has 5 N–H and O–H groups in total. The van der Waals surface area contributed by atoms with Gasteiger partial charge in [0.15, 0.2) is 5.82 Å². The molecular weight excluding hydrogens is 234 g/mol. The number of amides is 1. The van der Waals surface area contributed by atoms with Crippen LogP contribution in [0.3, 0.4) is 0 Å². The molecule has 0 spiro atoms. The van der Waals surface area contributed by atoms with E-state index < -0.39 is 12.3 Å². The van der Waals surface area contributed by atoms with Crippen molar-refractivity contribution in [3.8, 4) is 0 Å². The minimum absolute atomic E-state index is 0.441. The highest BCUT2D eigenvalue weighted by Crippen LogP contribution is 2.26. The van der Waals surface area contributed by atoms with Gasteiger partial charge in [-0.1, -0.05) is 0 Å². The molecule has 1 amide bonds. The Morgan fingerprint density at radius 3 is 3.06 bits per heavy atom. The van der Waals surface area contributed by atoms with Crippen molar-refractivity contribution in [2.75, 3.05) is 29.5 Å². The number of aliphatic hydroxyl groups is 1. The second-order valence-electron chi connectivity index (χ2n) is 4.14. The van der Waals surface area contributed by atoms with Gasteiger partial charge < -0.3 is 26.4 Å². The van der Waals surface area contributed by atoms with E-state index in [0.717, 1.165) is 0 Å². The van der Waals surface area contributed by atoms with Crippen molar-refractivity contribution >= 4 is 23.7 Å². The average Bonchev–Trinajstić information content (AvgIpc) is 2.73. The fraction of sp³-hybridized carbons (Fsp3) is 0.455. The van der Waals surface area contributed by atoms with Gasteiger partial charge in [0.2, 0.25) is 6.41 Å². The van der Waals surface area contributed by atoms with E-state index in [1.165, 1.54) is 0 Å². The van der Waals surface area contributed by atoms with Crippen molar-refractivity contribution < 1.29 is 9.90 Å². The van der Waals surface area contributed by atoms with E-state index in [4.69, 9.17) is 5.73 Å². The maximum absolute atomic E-state index is 10.6. The van der Waals surface area contributed by atoms with Gasteiger partial charge >= 0.3 is 0 Å². The van der Waals surface area contributed by atoms with Gasteiger partial charge in [0.25, 0.3) is 0 Å². The molecule has 7 nitrogen and oxygen atoms in total. The van der Waals surface area contributed by atoms with Crippen molar-refractivity contribution in [2.24, 2.45) is 0 Å². The van der Waals surface area contributed by atoms with Crippen LogP contribution in [-0.4, -0.2) is 42.4 Å². The minimum Gasteiger partial charge on any atom is -0.396 e. The molecule has 0 aliphatic carbocycles. The number of pyridine rings is 1. The van der Waals surface area contributed by atoms with Crippen LogP contribution in [0.1, 0.15) is 6.42 Å². The number of nitrogens with two attached hydrogens (primary N) is 1. The van der Waals surface area contributed by atoms with E-state index in [-0.39, 0.29) is 0 Å². The molecule has 2 rings (SSSR count). The van der Waals surface area contributed by atoms with Gasteiger partial charge in [-0.05, 0) is 18.6 Å². The molecule has 2 unspecified atom stereocenters. The van der Waals surface area contributed by atoms with E-state index in [1.807, 2.05) is 4.90 Å². The van der Waals surface area contributed by atoms with E-state index in [0.29, 0.717) is 36.7 Å². The molecule has 0 saturated carbocycles. The second kappa shape index (κ2) is 5.09. The van der Waals surface area contributed by atoms with Crippen molar-refractivity contribution in [1.82, 2.24) is 10.3 Å². The Balaban J connectivity index is 2.27. The maximum atomic E-state index is 10.6. The molecule has 2 heterocycles. The van der Waals surface area contributed by atoms with Crippen LogP contribution >= 0.6 is 0 Å². The van der Waals surface area contributed by atoms with Gasteiger partial charge in [0, 0.05) is 13.6 Å². The molecule has 1 aromatic rings. The summed E-state index contributed by atoms with van der Waals surface area (Å²) in [6.45, 7) is 0.632. The lowest BCUT2D eigenvalue weighted by Crippen LogP contribution is -2.46. The lowest BCUT2D eigenvalue weighted by molar-refractivity contribution is -0.110. The number of hydrogen-bond donors (Lipinski definition) is 4. The summed E-state index contributed by atoms with van der Waals surface area (Å²) in [5.41, 5.74) is 6.31. The van der Waals surface area contributed by atoms with Gasteiger partial charge in [0.1, 0.15) is 12.0 Å². The Hall–Kier alpha value is -2.02. The van der Waals surface area contributed by atoms with Gasteiger partial charge in [-0.3, -0.25) is 4.79 Å². The van der Waals surface area contributed by atoms with Crippen LogP contribution in [0.25, 0.3) is 0 Å². The summed E-state index contributed by atoms with van der Waals surface area (Å²) in [4.78, 5) is 16.8. The average molecular weight is 251 g/mol. The molecular formula is C11H17N5O2. The molecule has 1 aromatic heterocycles. The molecule has 1 saturated heterocycles. The van der Waals surface area contributed by atoms with Gasteiger partial charge in [-0.25, -0.2) is 4.98 Å². The number of hydrogen-bond acceptors (Lipinski definition) is 6. The highest BCUT2D eigenvalue weighted by Gasteiger charge is 2.33. The SMILES string of the molecule is CNc1nc(N2CCC(O)C2NC=O)ccc1N. The van der Waals surface area contributed by atoms with E-state index in [1.54, 1.807) is 19.2 Å². The number of rotatable bonds is 4. The number of nitrogen functional groups attached to an aromatic ring is 1. The predicted octanol–water partition coefficient (Wildman–Crippen LogP) is -0.651. The van der Waals surface area contributed by atoms with E-state index in [2.05, 4.69) is 15.6 Å². The first-order chi connectivity index (χ1) is 8.67. The zero-order chi connectivity index (χ0) is 13.1. The zero-order valence-electron chi connectivity index (χ0n) is 10.1. The molecule has 1 aliphatic rings. The second-order valence-corrected chi connectivity index (χ2v) is 4.14. The number of carbonyl (C=O) groups is 1. The first kappa shape index (κ1) is 12.4. The minimum atomic E-state index is -0.590. The topological polar surface area (TPSA) is 104 Å². The lowest BCUT2D eigenvalue weighted by atomic mass is 10.3. The van der Waals surface area contributed by atoms with Gasteiger partial charge in [-0.15, -0.1) is 0 Å². The molecule has 0 radical (unpaired) electrons. The number of aliphatic hydroxyl groups excluding tert-OH is 1. The summed E-state index contributed by atoms with van der Waals surface area (Å²) < 4.78 is 0. The van der Waals surface area contributed by atoms with Crippen molar-refractivity contribution in [2.45, 2.75) is 18.7 Å². The van der Waals surface area contributed by atoms with Crippen LogP contribution in [0, 0.1) is 0 Å². The van der Waals surface area contributed by atoms with Crippen LogP contribution in [0.4, 0.5) is 17.3 Å². The summed E-state index contributed by atoms with van der Waals surface area (Å²) in [5, 5.41) is 15.3. The van der Waals surface area contributed by atoms with Crippen molar-refractivity contribution in [3.05, 3.63) is 12.1 Å². The highest BCUT2D eigenvalue weighted by atomic mass is 16.3. The summed E-state index contributed by atoms with van der Waals surface area (Å²) >= 11 is 0. The first-order valence-electron chi connectivity index (χ1n) is 5.76. The molecule has 98 valence electrons. The van der Waals surface area contributed by atoms with Crippen LogP contribution in [0.5, 0.6) is 0 Å². The lowest BCUT2D eigenvalue weighted by Gasteiger charge is -2.26. The third kappa shape index (κ3) is 2.17. The Labute approximate surface area is 105 Å². The standard InChI is InChI=1S/C11H17N5O2/c1-13-10-7(12)2-3-9(15-10)16-5-4-8(18)11(16)14-6-17/h2-3,6,8,11,18H,4-5,12H2,1H3,(H,13,15)(H,14,17). The molecule has 18 heavy (non-hydrogen) atoms. The Bertz CT molecular complexity index is 439. The van der Waals surface area contributed by atoms with E-state index >= 15 is 0 Å². The molecule has 0 aromatic carbocycles. The normalized spacial score (nSPS) is 22.9. The fourth-order valence-corrected chi connectivity index (χ4v) is 2.12. The molecule has 1 fully saturated rings. The van der Waals surface area contributed by atoms with Crippen LogP contribution < -0.4 is 21.3 Å². The molecule has 0 bridgehead atoms. The van der Waals surface area contributed by atoms with Crippen LogP contribution in [-0.2, 0) is 4.79 Å². The zero-order valence-corrected chi connectivity index (χ0v) is 10.1. The summed E-state index contributed by atoms with van der Waals surface area (Å²) in [6, 6.07) is 3.52. The first-order valence-corrected chi connectivity index (χ1v) is 5.76. The Morgan fingerprint density at radius 1 is 1.61 bits per heavy atom. The van der Waals surface area contributed by atoms with Gasteiger partial charge in [-0.2, -0.15) is 0 Å². The predicted molar refractivity (Wildman–Crippen MR) is 69.2 cm³/mol. The van der Waals surface area contributed by atoms with E-state index in [9.17, 15) is 9.90 Å². The summed E-state index contributed by atoms with van der Waals surface area (Å²) in [7, 11) is 1.74. The largest absolute Gasteiger partial charge is 0.396 e. The third-order valence-corrected chi connectivity index (χ3v) is 3.05. The third-order valence-electron chi connectivity index (χ3n) is 3.05. The van der Waals surface area contributed by atoms with Crippen molar-refractivity contribution in [1.29, 1.82) is 0 Å². The molecule has 2 atom stereocenters. The van der Waals surface area contributed by atoms with Crippen LogP contribution in [0.2, 0.25) is 0 Å². The van der Waals surface area contributed by atoms with Gasteiger partial charge in [0.05, 0.1) is 11.8 Å². The summed E-state index contributed by atoms with van der Waals surface area (Å²) in [5.74, 6) is 1.25. The molecule has 7 heteroatoms. The maximum Gasteiger partial charge on any atom is 0.208 e. The molecule has 1 aliphatic heterocycles.